The molecule has 0 atom stereocenters. The van der Waals surface area contributed by atoms with Crippen molar-refractivity contribution in [1.29, 1.82) is 0 Å². The number of nitrogens with one attached hydrogen (secondary N) is 1. The van der Waals surface area contributed by atoms with Crippen LogP contribution in [0.4, 0.5) is 0 Å². The monoisotopic (exact) mass is 287 g/mol. The summed E-state index contributed by atoms with van der Waals surface area (Å²) in [5, 5.41) is 2.87. The van der Waals surface area contributed by atoms with Gasteiger partial charge in [-0.25, -0.2) is 0 Å². The van der Waals surface area contributed by atoms with Crippen molar-refractivity contribution in [2.45, 2.75) is 32.8 Å². The predicted molar refractivity (Wildman–Crippen MR) is 81.3 cm³/mol. The Morgan fingerprint density at radius 2 is 2.00 bits per heavy atom. The SMILES string of the molecule is CCCCCNC(=O)c1occc1COc1ccccc1. The second kappa shape index (κ2) is 8.15. The Labute approximate surface area is 125 Å². The zero-order valence-corrected chi connectivity index (χ0v) is 12.3. The van der Waals surface area contributed by atoms with Crippen LogP contribution in [0.3, 0.4) is 0 Å². The van der Waals surface area contributed by atoms with Gasteiger partial charge in [0.15, 0.2) is 5.76 Å². The van der Waals surface area contributed by atoms with Gasteiger partial charge >= 0.3 is 0 Å². The fourth-order valence-electron chi connectivity index (χ4n) is 1.98. The molecule has 0 spiro atoms. The summed E-state index contributed by atoms with van der Waals surface area (Å²) < 4.78 is 10.9. The van der Waals surface area contributed by atoms with E-state index in [1.165, 1.54) is 6.26 Å². The molecule has 21 heavy (non-hydrogen) atoms. The second-order valence-corrected chi connectivity index (χ2v) is 4.84. The van der Waals surface area contributed by atoms with Crippen LogP contribution in [0.5, 0.6) is 5.75 Å². The highest BCUT2D eigenvalue weighted by Crippen LogP contribution is 2.15. The van der Waals surface area contributed by atoms with E-state index < -0.39 is 0 Å². The van der Waals surface area contributed by atoms with Gasteiger partial charge < -0.3 is 14.5 Å². The minimum Gasteiger partial charge on any atom is -0.489 e. The normalized spacial score (nSPS) is 10.3. The molecule has 1 heterocycles. The third kappa shape index (κ3) is 4.67. The summed E-state index contributed by atoms with van der Waals surface area (Å²) in [5.41, 5.74) is 0.756. The minimum atomic E-state index is -0.178. The lowest BCUT2D eigenvalue weighted by Crippen LogP contribution is -2.25. The number of ether oxygens (including phenoxy) is 1. The highest BCUT2D eigenvalue weighted by atomic mass is 16.5. The molecule has 112 valence electrons. The van der Waals surface area contributed by atoms with E-state index in [4.69, 9.17) is 9.15 Å². The molecule has 0 saturated carbocycles. The van der Waals surface area contributed by atoms with Crippen molar-refractivity contribution >= 4 is 5.91 Å². The molecule has 4 nitrogen and oxygen atoms in total. The van der Waals surface area contributed by atoms with Crippen LogP contribution >= 0.6 is 0 Å². The molecule has 4 heteroatoms. The highest BCUT2D eigenvalue weighted by Gasteiger charge is 2.15. The van der Waals surface area contributed by atoms with Crippen molar-refractivity contribution in [3.8, 4) is 5.75 Å². The van der Waals surface area contributed by atoms with E-state index in [9.17, 15) is 4.79 Å². The number of benzene rings is 1. The number of amides is 1. The lowest BCUT2D eigenvalue weighted by molar-refractivity contribution is 0.0922. The zero-order chi connectivity index (χ0) is 14.9. The Kier molecular flexibility index (Phi) is 5.88. The first-order valence-electron chi connectivity index (χ1n) is 7.33. The maximum absolute atomic E-state index is 12.0. The lowest BCUT2D eigenvalue weighted by atomic mass is 10.2. The number of furan rings is 1. The molecule has 0 fully saturated rings. The summed E-state index contributed by atoms with van der Waals surface area (Å²) in [4.78, 5) is 12.0. The number of carbonyl (C=O) groups is 1. The number of rotatable bonds is 8. The van der Waals surface area contributed by atoms with Crippen molar-refractivity contribution in [1.82, 2.24) is 5.32 Å². The van der Waals surface area contributed by atoms with Gasteiger partial charge in [0, 0.05) is 12.1 Å². The van der Waals surface area contributed by atoms with E-state index >= 15 is 0 Å². The van der Waals surface area contributed by atoms with Crippen molar-refractivity contribution in [2.24, 2.45) is 0 Å². The summed E-state index contributed by atoms with van der Waals surface area (Å²) in [6.45, 7) is 3.12. The lowest BCUT2D eigenvalue weighted by Gasteiger charge is -2.07. The van der Waals surface area contributed by atoms with Crippen molar-refractivity contribution in [3.05, 3.63) is 54.0 Å². The van der Waals surface area contributed by atoms with Crippen LogP contribution in [0.15, 0.2) is 47.1 Å². The average molecular weight is 287 g/mol. The van der Waals surface area contributed by atoms with E-state index in [2.05, 4.69) is 12.2 Å². The first-order chi connectivity index (χ1) is 10.3. The molecule has 0 aliphatic carbocycles. The summed E-state index contributed by atoms with van der Waals surface area (Å²) in [6.07, 6.45) is 4.75. The van der Waals surface area contributed by atoms with E-state index in [0.29, 0.717) is 18.9 Å². The Morgan fingerprint density at radius 1 is 1.19 bits per heavy atom. The largest absolute Gasteiger partial charge is 0.489 e. The third-order valence-electron chi connectivity index (χ3n) is 3.16. The van der Waals surface area contributed by atoms with Gasteiger partial charge in [0.2, 0.25) is 0 Å². The molecular formula is C17H21NO3. The van der Waals surface area contributed by atoms with E-state index in [1.54, 1.807) is 6.07 Å². The quantitative estimate of drug-likeness (QED) is 0.752. The van der Waals surface area contributed by atoms with Gasteiger partial charge in [-0.2, -0.15) is 0 Å². The number of carbonyl (C=O) groups excluding carboxylic acids is 1. The van der Waals surface area contributed by atoms with Gasteiger partial charge in [-0.15, -0.1) is 0 Å². The van der Waals surface area contributed by atoms with Gasteiger partial charge in [0.05, 0.1) is 6.26 Å². The molecular weight excluding hydrogens is 266 g/mol. The maximum atomic E-state index is 12.0. The van der Waals surface area contributed by atoms with Crippen LogP contribution in [0.2, 0.25) is 0 Å². The molecule has 0 saturated heterocycles. The smallest absolute Gasteiger partial charge is 0.287 e. The van der Waals surface area contributed by atoms with E-state index in [-0.39, 0.29) is 5.91 Å². The van der Waals surface area contributed by atoms with E-state index in [1.807, 2.05) is 30.3 Å². The molecule has 2 aromatic rings. The molecule has 0 bridgehead atoms. The third-order valence-corrected chi connectivity index (χ3v) is 3.16. The van der Waals surface area contributed by atoms with Crippen molar-refractivity contribution < 1.29 is 13.9 Å². The van der Waals surface area contributed by atoms with Gasteiger partial charge in [0.1, 0.15) is 12.4 Å². The number of para-hydroxylation sites is 1. The number of hydrogen-bond acceptors (Lipinski definition) is 3. The number of unbranched alkanes of at least 4 members (excludes halogenated alkanes) is 2. The Hall–Kier alpha value is -2.23. The van der Waals surface area contributed by atoms with Crippen LogP contribution in [0.25, 0.3) is 0 Å². The van der Waals surface area contributed by atoms with Crippen LogP contribution in [-0.4, -0.2) is 12.5 Å². The van der Waals surface area contributed by atoms with E-state index in [0.717, 1.165) is 30.6 Å². The molecule has 0 unspecified atom stereocenters. The van der Waals surface area contributed by atoms with Crippen LogP contribution in [0.1, 0.15) is 42.3 Å². The second-order valence-electron chi connectivity index (χ2n) is 4.84. The Bertz CT molecular complexity index is 548. The molecule has 1 amide bonds. The fraction of sp³-hybridized carbons (Fsp3) is 0.353. The molecule has 1 N–H and O–H groups in total. The van der Waals surface area contributed by atoms with Crippen LogP contribution in [-0.2, 0) is 6.61 Å². The standard InChI is InChI=1S/C17H21NO3/c1-2-3-7-11-18-17(19)16-14(10-12-20-16)13-21-15-8-5-4-6-9-15/h4-6,8-10,12H,2-3,7,11,13H2,1H3,(H,18,19). The van der Waals surface area contributed by atoms with Gasteiger partial charge in [-0.05, 0) is 24.6 Å². The molecule has 2 rings (SSSR count). The summed E-state index contributed by atoms with van der Waals surface area (Å²) in [6, 6.07) is 11.3. The molecule has 0 radical (unpaired) electrons. The van der Waals surface area contributed by atoms with Crippen molar-refractivity contribution in [2.75, 3.05) is 6.54 Å². The van der Waals surface area contributed by atoms with Gasteiger partial charge in [-0.1, -0.05) is 38.0 Å². The Balaban J connectivity index is 1.87. The van der Waals surface area contributed by atoms with Crippen molar-refractivity contribution in [3.63, 3.8) is 0 Å². The molecule has 0 aliphatic heterocycles. The predicted octanol–water partition coefficient (Wildman–Crippen LogP) is 3.78. The molecule has 1 aromatic heterocycles. The number of hydrogen-bond donors (Lipinski definition) is 1. The highest BCUT2D eigenvalue weighted by molar-refractivity contribution is 5.92. The zero-order valence-electron chi connectivity index (χ0n) is 12.3. The topological polar surface area (TPSA) is 51.5 Å². The van der Waals surface area contributed by atoms with Crippen LogP contribution < -0.4 is 10.1 Å². The van der Waals surface area contributed by atoms with Crippen LogP contribution in [0, 0.1) is 0 Å². The molecule has 0 aliphatic rings. The molecule has 1 aromatic carbocycles. The minimum absolute atomic E-state index is 0.178. The summed E-state index contributed by atoms with van der Waals surface area (Å²) in [7, 11) is 0. The van der Waals surface area contributed by atoms with Gasteiger partial charge in [-0.3, -0.25) is 4.79 Å². The Morgan fingerprint density at radius 3 is 2.76 bits per heavy atom. The summed E-state index contributed by atoms with van der Waals surface area (Å²) >= 11 is 0. The average Bonchev–Trinajstić information content (AvgIpc) is 2.99. The fourth-order valence-corrected chi connectivity index (χ4v) is 1.98. The first-order valence-corrected chi connectivity index (χ1v) is 7.33. The maximum Gasteiger partial charge on any atom is 0.287 e. The summed E-state index contributed by atoms with van der Waals surface area (Å²) in [5.74, 6) is 0.929. The van der Waals surface area contributed by atoms with Gasteiger partial charge in [0.25, 0.3) is 5.91 Å². The first kappa shape index (κ1) is 15.2.